The molecule has 2 N–H and O–H groups in total. The van der Waals surface area contributed by atoms with E-state index in [4.69, 9.17) is 4.74 Å². The normalized spacial score (nSPS) is 16.2. The third-order valence-electron chi connectivity index (χ3n) is 4.48. The predicted octanol–water partition coefficient (Wildman–Crippen LogP) is 4.19. The Kier molecular flexibility index (Phi) is 10.3. The van der Waals surface area contributed by atoms with Crippen LogP contribution in [0.25, 0.3) is 0 Å². The third-order valence-corrected chi connectivity index (χ3v) is 4.48. The molecular weight excluding hydrogens is 463 g/mol. The highest BCUT2D eigenvalue weighted by molar-refractivity contribution is 14.0. The van der Waals surface area contributed by atoms with Crippen molar-refractivity contribution in [2.45, 2.75) is 58.7 Å². The number of rotatable bonds is 6. The van der Waals surface area contributed by atoms with E-state index in [1.165, 1.54) is 5.57 Å². The van der Waals surface area contributed by atoms with Crippen molar-refractivity contribution in [2.24, 2.45) is 4.99 Å². The molecule has 0 bridgehead atoms. The molecule has 5 nitrogen and oxygen atoms in total. The van der Waals surface area contributed by atoms with Gasteiger partial charge in [0, 0.05) is 44.8 Å². The summed E-state index contributed by atoms with van der Waals surface area (Å²) in [6.45, 7) is 16.2. The van der Waals surface area contributed by atoms with Gasteiger partial charge in [-0.2, -0.15) is 0 Å². The largest absolute Gasteiger partial charge is 0.488 e. The minimum absolute atomic E-state index is 0. The van der Waals surface area contributed by atoms with Crippen LogP contribution in [0.3, 0.4) is 0 Å². The fourth-order valence-electron chi connectivity index (χ4n) is 3.26. The molecule has 0 aliphatic carbocycles. The number of guanidine groups is 1. The molecule has 1 aromatic carbocycles. The molecule has 1 aromatic rings. The van der Waals surface area contributed by atoms with Crippen molar-refractivity contribution in [2.75, 3.05) is 26.7 Å². The van der Waals surface area contributed by atoms with Gasteiger partial charge >= 0.3 is 0 Å². The Labute approximate surface area is 188 Å². The summed E-state index contributed by atoms with van der Waals surface area (Å²) in [4.78, 5) is 6.86. The van der Waals surface area contributed by atoms with Gasteiger partial charge in [-0.3, -0.25) is 9.89 Å². The van der Waals surface area contributed by atoms with Crippen molar-refractivity contribution in [3.8, 4) is 5.75 Å². The van der Waals surface area contributed by atoms with E-state index in [1.54, 1.807) is 0 Å². The zero-order chi connectivity index (χ0) is 19.9. The standard InChI is InChI=1S/C22H36N4O.HI/c1-17(2)16-26-13-11-19(12-14-26)25-21(23-6)24-15-18-9-7-8-10-20(18)27-22(3,4)5;/h7-10,19H,1,11-16H2,2-6H3,(H2,23,24,25);1H. The van der Waals surface area contributed by atoms with Crippen LogP contribution in [0.5, 0.6) is 5.75 Å². The minimum Gasteiger partial charge on any atom is -0.488 e. The van der Waals surface area contributed by atoms with Gasteiger partial charge < -0.3 is 15.4 Å². The van der Waals surface area contributed by atoms with Gasteiger partial charge in [-0.1, -0.05) is 30.4 Å². The molecule has 1 saturated heterocycles. The van der Waals surface area contributed by atoms with Crippen LogP contribution < -0.4 is 15.4 Å². The number of aliphatic imine (C=N–C) groups is 1. The quantitative estimate of drug-likeness (QED) is 0.266. The zero-order valence-electron chi connectivity index (χ0n) is 18.0. The van der Waals surface area contributed by atoms with Crippen molar-refractivity contribution in [3.63, 3.8) is 0 Å². The van der Waals surface area contributed by atoms with Gasteiger partial charge in [-0.05, 0) is 46.6 Å². The number of benzene rings is 1. The fourth-order valence-corrected chi connectivity index (χ4v) is 3.26. The molecule has 1 heterocycles. The Hall–Kier alpha value is -1.28. The Balaban J connectivity index is 0.00000392. The Morgan fingerprint density at radius 2 is 1.89 bits per heavy atom. The van der Waals surface area contributed by atoms with Crippen LogP contribution in [-0.4, -0.2) is 49.2 Å². The molecule has 0 amide bonds. The zero-order valence-corrected chi connectivity index (χ0v) is 20.4. The molecular formula is C22H37IN4O. The first kappa shape index (κ1) is 24.8. The molecule has 0 radical (unpaired) electrons. The van der Waals surface area contributed by atoms with Crippen LogP contribution in [-0.2, 0) is 6.54 Å². The van der Waals surface area contributed by atoms with Crippen molar-refractivity contribution in [1.29, 1.82) is 0 Å². The van der Waals surface area contributed by atoms with Crippen molar-refractivity contribution >= 4 is 29.9 Å². The summed E-state index contributed by atoms with van der Waals surface area (Å²) < 4.78 is 6.08. The number of hydrogen-bond donors (Lipinski definition) is 2. The lowest BCUT2D eigenvalue weighted by Gasteiger charge is -2.33. The minimum atomic E-state index is -0.214. The van der Waals surface area contributed by atoms with Gasteiger partial charge in [0.2, 0.25) is 0 Å². The number of nitrogens with one attached hydrogen (secondary N) is 2. The first-order valence-electron chi connectivity index (χ1n) is 9.87. The van der Waals surface area contributed by atoms with Crippen LogP contribution in [0.4, 0.5) is 0 Å². The first-order chi connectivity index (χ1) is 12.8. The molecule has 6 heteroatoms. The molecule has 0 unspecified atom stereocenters. The number of likely N-dealkylation sites (tertiary alicyclic amines) is 1. The lowest BCUT2D eigenvalue weighted by atomic mass is 10.0. The average molecular weight is 500 g/mol. The summed E-state index contributed by atoms with van der Waals surface area (Å²) in [5.41, 5.74) is 2.15. The van der Waals surface area contributed by atoms with E-state index in [9.17, 15) is 0 Å². The van der Waals surface area contributed by atoms with Crippen molar-refractivity contribution in [1.82, 2.24) is 15.5 Å². The van der Waals surface area contributed by atoms with Crippen LogP contribution in [0.1, 0.15) is 46.1 Å². The number of halogens is 1. The average Bonchev–Trinajstić information content (AvgIpc) is 2.59. The van der Waals surface area contributed by atoms with Gasteiger partial charge in [-0.15, -0.1) is 24.0 Å². The number of nitrogens with zero attached hydrogens (tertiary/aromatic N) is 2. The number of hydrogen-bond acceptors (Lipinski definition) is 3. The molecule has 0 spiro atoms. The molecule has 0 atom stereocenters. The molecule has 0 aromatic heterocycles. The van der Waals surface area contributed by atoms with E-state index < -0.39 is 0 Å². The number of ether oxygens (including phenoxy) is 1. The van der Waals surface area contributed by atoms with E-state index >= 15 is 0 Å². The van der Waals surface area contributed by atoms with Crippen LogP contribution in [0.2, 0.25) is 0 Å². The molecule has 1 aliphatic rings. The van der Waals surface area contributed by atoms with E-state index in [1.807, 2.05) is 25.2 Å². The van der Waals surface area contributed by atoms with Gasteiger partial charge in [0.1, 0.15) is 11.4 Å². The highest BCUT2D eigenvalue weighted by Crippen LogP contribution is 2.22. The smallest absolute Gasteiger partial charge is 0.191 e. The second-order valence-corrected chi connectivity index (χ2v) is 8.40. The van der Waals surface area contributed by atoms with Crippen LogP contribution >= 0.6 is 24.0 Å². The summed E-state index contributed by atoms with van der Waals surface area (Å²) >= 11 is 0. The maximum Gasteiger partial charge on any atom is 0.191 e. The van der Waals surface area contributed by atoms with E-state index in [0.29, 0.717) is 12.6 Å². The van der Waals surface area contributed by atoms with Crippen LogP contribution in [0, 0.1) is 0 Å². The van der Waals surface area contributed by atoms with E-state index in [0.717, 1.165) is 49.7 Å². The molecule has 0 saturated carbocycles. The van der Waals surface area contributed by atoms with Crippen molar-refractivity contribution < 1.29 is 4.74 Å². The molecule has 2 rings (SSSR count). The number of piperidine rings is 1. The maximum atomic E-state index is 6.08. The molecule has 1 fully saturated rings. The van der Waals surface area contributed by atoms with Gasteiger partial charge in [0.15, 0.2) is 5.96 Å². The van der Waals surface area contributed by atoms with Gasteiger partial charge in [0.05, 0.1) is 0 Å². The summed E-state index contributed by atoms with van der Waals surface area (Å²) in [5, 5.41) is 7.00. The van der Waals surface area contributed by atoms with Crippen molar-refractivity contribution in [3.05, 3.63) is 42.0 Å². The van der Waals surface area contributed by atoms with Gasteiger partial charge in [-0.25, -0.2) is 0 Å². The molecule has 28 heavy (non-hydrogen) atoms. The Morgan fingerprint density at radius 3 is 2.46 bits per heavy atom. The Morgan fingerprint density at radius 1 is 1.25 bits per heavy atom. The summed E-state index contributed by atoms with van der Waals surface area (Å²) in [5.74, 6) is 1.76. The van der Waals surface area contributed by atoms with Crippen LogP contribution in [0.15, 0.2) is 41.4 Å². The number of para-hydroxylation sites is 1. The second kappa shape index (κ2) is 11.7. The topological polar surface area (TPSA) is 48.9 Å². The fraction of sp³-hybridized carbons (Fsp3) is 0.591. The summed E-state index contributed by atoms with van der Waals surface area (Å²) in [6.07, 6.45) is 2.25. The molecule has 158 valence electrons. The van der Waals surface area contributed by atoms with E-state index in [-0.39, 0.29) is 29.6 Å². The maximum absolute atomic E-state index is 6.08. The lowest BCUT2D eigenvalue weighted by molar-refractivity contribution is 0.129. The summed E-state index contributed by atoms with van der Waals surface area (Å²) in [7, 11) is 1.82. The lowest BCUT2D eigenvalue weighted by Crippen LogP contribution is -2.48. The van der Waals surface area contributed by atoms with Gasteiger partial charge in [0.25, 0.3) is 0 Å². The highest BCUT2D eigenvalue weighted by Gasteiger charge is 2.20. The predicted molar refractivity (Wildman–Crippen MR) is 130 cm³/mol. The van der Waals surface area contributed by atoms with E-state index in [2.05, 4.69) is 60.9 Å². The molecule has 1 aliphatic heterocycles. The monoisotopic (exact) mass is 500 g/mol. The Bertz CT molecular complexity index is 646. The summed E-state index contributed by atoms with van der Waals surface area (Å²) in [6, 6.07) is 8.63. The third kappa shape index (κ3) is 8.82. The second-order valence-electron chi connectivity index (χ2n) is 8.40. The SMILES string of the molecule is C=C(C)CN1CCC(NC(=NC)NCc2ccccc2OC(C)(C)C)CC1.I. The first-order valence-corrected chi connectivity index (χ1v) is 9.87. The highest BCUT2D eigenvalue weighted by atomic mass is 127.